The number of benzene rings is 2. The van der Waals surface area contributed by atoms with Crippen molar-refractivity contribution in [2.45, 2.75) is 53.4 Å². The quantitative estimate of drug-likeness (QED) is 0.417. The van der Waals surface area contributed by atoms with Crippen molar-refractivity contribution >= 4 is 34.5 Å². The number of rotatable bonds is 4. The summed E-state index contributed by atoms with van der Waals surface area (Å²) in [5.74, 6) is 0.938. The molecule has 0 bridgehead atoms. The highest BCUT2D eigenvalue weighted by molar-refractivity contribution is 7.80. The molecular formula is C23H29NO4S. The number of thiocarbonyl (C=S) groups is 1. The molecule has 156 valence electrons. The number of hydrogen-bond donors (Lipinski definition) is 2. The summed E-state index contributed by atoms with van der Waals surface area (Å²) in [5.41, 5.74) is 8.77. The van der Waals surface area contributed by atoms with E-state index in [-0.39, 0.29) is 36.6 Å². The lowest BCUT2D eigenvalue weighted by molar-refractivity contribution is -0.118. The van der Waals surface area contributed by atoms with Gasteiger partial charge in [-0.2, -0.15) is 0 Å². The number of anilines is 1. The Morgan fingerprint density at radius 1 is 1.03 bits per heavy atom. The van der Waals surface area contributed by atoms with Crippen LogP contribution in [0.25, 0.3) is 0 Å². The number of aromatic hydroxyl groups is 1. The molecule has 2 aromatic rings. The van der Waals surface area contributed by atoms with Crippen molar-refractivity contribution in [3.63, 3.8) is 0 Å². The number of nitrogens with two attached hydrogens (primary N) is 1. The first-order valence-corrected chi connectivity index (χ1v) is 9.43. The molecule has 3 rings (SSSR count). The van der Waals surface area contributed by atoms with E-state index in [2.05, 4.69) is 0 Å². The van der Waals surface area contributed by atoms with Crippen molar-refractivity contribution in [2.75, 3.05) is 5.73 Å². The van der Waals surface area contributed by atoms with Gasteiger partial charge in [-0.3, -0.25) is 9.59 Å². The first-order valence-electron chi connectivity index (χ1n) is 9.03. The largest absolute Gasteiger partial charge is 0.506 e. The lowest BCUT2D eigenvalue weighted by Gasteiger charge is -2.08. The molecule has 0 spiro atoms. The van der Waals surface area contributed by atoms with Gasteiger partial charge in [-0.05, 0) is 55.4 Å². The van der Waals surface area contributed by atoms with Crippen LogP contribution in [-0.4, -0.2) is 21.7 Å². The number of carbonyl (C=O) groups excluding carboxylic acids is 2. The standard InChI is InChI=1S/C12H12O2S.C10H13NO2.CH4/c1-7(8(2)13)9-3-4-11-10(5-9)6-12(15)14-11;1-6(7(2)12)8-3-4-10(13)9(11)5-8;/h3-5,7H,6H2,1-2H3;3-6,13H,11H2,1-2H3;1H4. The van der Waals surface area contributed by atoms with Crippen molar-refractivity contribution in [2.24, 2.45) is 0 Å². The van der Waals surface area contributed by atoms with Gasteiger partial charge in [-0.15, -0.1) is 0 Å². The van der Waals surface area contributed by atoms with E-state index in [1.807, 2.05) is 32.0 Å². The van der Waals surface area contributed by atoms with Crippen LogP contribution < -0.4 is 10.5 Å². The highest BCUT2D eigenvalue weighted by Gasteiger charge is 2.19. The van der Waals surface area contributed by atoms with Crippen LogP contribution in [0.5, 0.6) is 11.5 Å². The summed E-state index contributed by atoms with van der Waals surface area (Å²) in [6.45, 7) is 6.87. The van der Waals surface area contributed by atoms with E-state index in [9.17, 15) is 9.59 Å². The molecule has 2 unspecified atom stereocenters. The van der Waals surface area contributed by atoms with Crippen LogP contribution in [-0.2, 0) is 16.0 Å². The first-order chi connectivity index (χ1) is 13.1. The van der Waals surface area contributed by atoms with Crippen molar-refractivity contribution in [3.05, 3.63) is 53.1 Å². The van der Waals surface area contributed by atoms with Crippen molar-refractivity contribution in [1.29, 1.82) is 0 Å². The van der Waals surface area contributed by atoms with E-state index in [4.69, 9.17) is 27.8 Å². The predicted octanol–water partition coefficient (Wildman–Crippen LogP) is 4.94. The van der Waals surface area contributed by atoms with Gasteiger partial charge in [-0.1, -0.05) is 39.5 Å². The number of Topliss-reactive ketones (excluding diaryl/α,β-unsaturated/α-hetero) is 2. The molecule has 2 atom stereocenters. The number of hydrogen-bond acceptors (Lipinski definition) is 6. The van der Waals surface area contributed by atoms with E-state index in [0.717, 1.165) is 22.4 Å². The average Bonchev–Trinajstić information content (AvgIpc) is 3.02. The summed E-state index contributed by atoms with van der Waals surface area (Å²) in [6, 6.07) is 10.7. The van der Waals surface area contributed by atoms with E-state index >= 15 is 0 Å². The number of phenols is 1. The Kier molecular flexibility index (Phi) is 8.52. The smallest absolute Gasteiger partial charge is 0.171 e. The number of carbonyl (C=O) groups is 2. The molecule has 0 saturated carbocycles. The van der Waals surface area contributed by atoms with Crippen LogP contribution in [0.2, 0.25) is 0 Å². The number of phenolic OH excluding ortho intramolecular Hbond substituents is 1. The average molecular weight is 416 g/mol. The van der Waals surface area contributed by atoms with Gasteiger partial charge in [0.2, 0.25) is 0 Å². The molecule has 5 nitrogen and oxygen atoms in total. The Morgan fingerprint density at radius 3 is 2.07 bits per heavy atom. The molecule has 2 aromatic carbocycles. The summed E-state index contributed by atoms with van der Waals surface area (Å²) >= 11 is 5.00. The summed E-state index contributed by atoms with van der Waals surface area (Å²) < 4.78 is 5.35. The van der Waals surface area contributed by atoms with Gasteiger partial charge in [0, 0.05) is 23.8 Å². The Balaban J connectivity index is 0.000000284. The number of ether oxygens (including phenoxy) is 1. The van der Waals surface area contributed by atoms with Gasteiger partial charge in [-0.25, -0.2) is 0 Å². The van der Waals surface area contributed by atoms with Crippen LogP contribution in [0.15, 0.2) is 36.4 Å². The zero-order valence-corrected chi connectivity index (χ0v) is 17.3. The van der Waals surface area contributed by atoms with Gasteiger partial charge < -0.3 is 15.6 Å². The third-order valence-corrected chi connectivity index (χ3v) is 5.14. The zero-order valence-electron chi connectivity index (χ0n) is 16.5. The van der Waals surface area contributed by atoms with Crippen molar-refractivity contribution < 1.29 is 19.4 Å². The summed E-state index contributed by atoms with van der Waals surface area (Å²) in [4.78, 5) is 22.3. The summed E-state index contributed by atoms with van der Waals surface area (Å²) in [5, 5.41) is 9.76. The fourth-order valence-corrected chi connectivity index (χ4v) is 2.98. The van der Waals surface area contributed by atoms with Crippen molar-refractivity contribution in [3.8, 4) is 11.5 Å². The SMILES string of the molecule is C.CC(=O)C(C)c1ccc(O)c(N)c1.CC(=O)C(C)c1ccc2c(c1)CC(=S)O2. The highest BCUT2D eigenvalue weighted by atomic mass is 32.1. The normalized spacial score (nSPS) is 13.7. The molecule has 0 amide bonds. The third-order valence-electron chi connectivity index (χ3n) is 4.91. The van der Waals surface area contributed by atoms with E-state index in [0.29, 0.717) is 17.2 Å². The molecule has 1 heterocycles. The fourth-order valence-electron chi connectivity index (χ4n) is 2.73. The molecular weight excluding hydrogens is 386 g/mol. The maximum Gasteiger partial charge on any atom is 0.171 e. The van der Waals surface area contributed by atoms with Gasteiger partial charge in [0.1, 0.15) is 23.1 Å². The molecule has 29 heavy (non-hydrogen) atoms. The minimum Gasteiger partial charge on any atom is -0.506 e. The second-order valence-electron chi connectivity index (χ2n) is 7.00. The van der Waals surface area contributed by atoms with Crippen molar-refractivity contribution in [1.82, 2.24) is 0 Å². The Morgan fingerprint density at radius 2 is 1.55 bits per heavy atom. The van der Waals surface area contributed by atoms with E-state index in [1.165, 1.54) is 13.0 Å². The van der Waals surface area contributed by atoms with Crippen LogP contribution in [0, 0.1) is 0 Å². The Bertz CT molecular complexity index is 923. The van der Waals surface area contributed by atoms with Crippen LogP contribution in [0.3, 0.4) is 0 Å². The molecule has 0 aliphatic carbocycles. The third kappa shape index (κ3) is 6.12. The molecule has 1 aliphatic heterocycles. The van der Waals surface area contributed by atoms with Gasteiger partial charge in [0.15, 0.2) is 5.05 Å². The van der Waals surface area contributed by atoms with Gasteiger partial charge in [0.25, 0.3) is 0 Å². The Labute approximate surface area is 177 Å². The van der Waals surface area contributed by atoms with Crippen LogP contribution in [0.4, 0.5) is 5.69 Å². The number of ketones is 2. The summed E-state index contributed by atoms with van der Waals surface area (Å²) in [7, 11) is 0. The number of nitrogen functional groups attached to an aromatic ring is 1. The highest BCUT2D eigenvalue weighted by Crippen LogP contribution is 2.30. The minimum absolute atomic E-state index is 0. The molecule has 1 aliphatic rings. The minimum atomic E-state index is -0.164. The van der Waals surface area contributed by atoms with Gasteiger partial charge in [0.05, 0.1) is 5.69 Å². The lowest BCUT2D eigenvalue weighted by Crippen LogP contribution is -2.04. The fraction of sp³-hybridized carbons (Fsp3) is 0.348. The maximum absolute atomic E-state index is 11.3. The molecule has 0 fully saturated rings. The maximum atomic E-state index is 11.3. The van der Waals surface area contributed by atoms with Crippen LogP contribution in [0.1, 0.15) is 63.6 Å². The van der Waals surface area contributed by atoms with Crippen LogP contribution >= 0.6 is 12.2 Å². The zero-order chi connectivity index (χ0) is 21.0. The molecule has 3 N–H and O–H groups in total. The lowest BCUT2D eigenvalue weighted by atomic mass is 9.95. The Hall–Kier alpha value is -2.73. The topological polar surface area (TPSA) is 89.6 Å². The predicted molar refractivity (Wildman–Crippen MR) is 121 cm³/mol. The van der Waals surface area contributed by atoms with E-state index < -0.39 is 0 Å². The first kappa shape index (κ1) is 24.3. The second-order valence-corrected chi connectivity index (χ2v) is 7.46. The van der Waals surface area contributed by atoms with Gasteiger partial charge >= 0.3 is 0 Å². The molecule has 6 heteroatoms. The van der Waals surface area contributed by atoms with E-state index in [1.54, 1.807) is 19.1 Å². The second kappa shape index (κ2) is 10.2. The molecule has 0 aromatic heterocycles. The summed E-state index contributed by atoms with van der Waals surface area (Å²) in [6.07, 6.45) is 0.684. The monoisotopic (exact) mass is 415 g/mol. The molecule has 0 radical (unpaired) electrons. The number of fused-ring (bicyclic) bond motifs is 1. The molecule has 0 saturated heterocycles.